The van der Waals surface area contributed by atoms with Crippen molar-refractivity contribution in [3.63, 3.8) is 0 Å². The normalized spacial score (nSPS) is 17.3. The van der Waals surface area contributed by atoms with Crippen molar-refractivity contribution in [2.24, 2.45) is 0 Å². The molecular weight excluding hydrogens is 353 g/mol. The maximum atomic E-state index is 14.0. The average molecular weight is 373 g/mol. The number of carboxylic acid groups (broad SMARTS) is 1. The summed E-state index contributed by atoms with van der Waals surface area (Å²) in [5, 5.41) is 9.13. The summed E-state index contributed by atoms with van der Waals surface area (Å²) in [7, 11) is 2.10. The maximum Gasteiger partial charge on any atom is 0.308 e. The third-order valence-electron chi connectivity index (χ3n) is 4.95. The molecule has 2 aromatic rings. The van der Waals surface area contributed by atoms with Crippen molar-refractivity contribution in [3.05, 3.63) is 56.5 Å². The monoisotopic (exact) mass is 373 g/mol. The topological polar surface area (TPSA) is 49.8 Å². The molecule has 3 heterocycles. The van der Waals surface area contributed by atoms with Crippen LogP contribution in [0.5, 0.6) is 5.75 Å². The molecule has 0 atom stereocenters. The van der Waals surface area contributed by atoms with E-state index in [1.165, 1.54) is 23.0 Å². The first-order valence-electron chi connectivity index (χ1n) is 8.68. The molecule has 2 aliphatic heterocycles. The lowest BCUT2D eigenvalue weighted by Gasteiger charge is -2.26. The van der Waals surface area contributed by atoms with Crippen LogP contribution in [0.2, 0.25) is 0 Å². The number of benzene rings is 1. The first kappa shape index (κ1) is 17.2. The number of rotatable bonds is 2. The van der Waals surface area contributed by atoms with Crippen molar-refractivity contribution < 1.29 is 19.0 Å². The number of likely N-dealkylation sites (tertiary alicyclic amines) is 1. The lowest BCUT2D eigenvalue weighted by Crippen LogP contribution is -2.26. The maximum absolute atomic E-state index is 14.0. The minimum atomic E-state index is -0.845. The van der Waals surface area contributed by atoms with E-state index >= 15 is 0 Å². The predicted octanol–water partition coefficient (Wildman–Crippen LogP) is 3.93. The zero-order valence-corrected chi connectivity index (χ0v) is 15.4. The second-order valence-corrected chi connectivity index (χ2v) is 7.99. The van der Waals surface area contributed by atoms with Gasteiger partial charge in [-0.15, -0.1) is 11.3 Å². The molecule has 0 saturated carbocycles. The lowest BCUT2D eigenvalue weighted by molar-refractivity contribution is -0.136. The van der Waals surface area contributed by atoms with E-state index in [0.717, 1.165) is 52.4 Å². The number of halogens is 1. The number of ether oxygens (including phenoxy) is 1. The highest BCUT2D eigenvalue weighted by Crippen LogP contribution is 2.44. The van der Waals surface area contributed by atoms with Gasteiger partial charge in [-0.1, -0.05) is 5.57 Å². The summed E-state index contributed by atoms with van der Waals surface area (Å²) in [6.45, 7) is 2.31. The minimum absolute atomic E-state index is 0.000967. The van der Waals surface area contributed by atoms with Crippen LogP contribution in [0.4, 0.5) is 4.39 Å². The van der Waals surface area contributed by atoms with Crippen LogP contribution >= 0.6 is 11.3 Å². The Kier molecular flexibility index (Phi) is 4.54. The van der Waals surface area contributed by atoms with Crippen LogP contribution in [0, 0.1) is 5.82 Å². The van der Waals surface area contributed by atoms with Gasteiger partial charge in [0.1, 0.15) is 18.2 Å². The number of carbonyl (C=O) groups is 1. The van der Waals surface area contributed by atoms with Crippen LogP contribution in [0.1, 0.15) is 33.7 Å². The Bertz CT molecular complexity index is 892. The van der Waals surface area contributed by atoms with Crippen LogP contribution in [0.25, 0.3) is 5.57 Å². The van der Waals surface area contributed by atoms with E-state index in [1.807, 2.05) is 6.07 Å². The molecule has 1 N–H and O–H groups in total. The van der Waals surface area contributed by atoms with Gasteiger partial charge in [0.2, 0.25) is 0 Å². The second kappa shape index (κ2) is 6.85. The quantitative estimate of drug-likeness (QED) is 0.866. The molecule has 1 saturated heterocycles. The fourth-order valence-corrected chi connectivity index (χ4v) is 4.90. The van der Waals surface area contributed by atoms with E-state index in [1.54, 1.807) is 12.1 Å². The molecule has 4 nitrogen and oxygen atoms in total. The molecule has 6 heteroatoms. The first-order chi connectivity index (χ1) is 12.5. The number of piperidine rings is 1. The molecule has 136 valence electrons. The SMILES string of the molecule is CN1CCC(=C2c3cc(F)ccc3OCc3cc(CC(=O)O)sc32)CC1. The highest BCUT2D eigenvalue weighted by Gasteiger charge is 2.27. The summed E-state index contributed by atoms with van der Waals surface area (Å²) in [5.74, 6) is -0.442. The number of aliphatic carboxylic acids is 1. The Hall–Kier alpha value is -2.18. The molecular formula is C20H20FNO3S. The summed E-state index contributed by atoms with van der Waals surface area (Å²) in [6, 6.07) is 6.58. The molecule has 0 radical (unpaired) electrons. The molecule has 0 aliphatic carbocycles. The highest BCUT2D eigenvalue weighted by molar-refractivity contribution is 7.13. The van der Waals surface area contributed by atoms with Crippen molar-refractivity contribution >= 4 is 22.9 Å². The van der Waals surface area contributed by atoms with Crippen LogP contribution in [0.15, 0.2) is 29.8 Å². The number of nitrogens with zero attached hydrogens (tertiary/aromatic N) is 1. The van der Waals surface area contributed by atoms with Gasteiger partial charge in [0.05, 0.1) is 6.42 Å². The largest absolute Gasteiger partial charge is 0.488 e. The number of hydrogen-bond acceptors (Lipinski definition) is 4. The smallest absolute Gasteiger partial charge is 0.308 e. The van der Waals surface area contributed by atoms with Crippen LogP contribution in [-0.4, -0.2) is 36.1 Å². The summed E-state index contributed by atoms with van der Waals surface area (Å²) < 4.78 is 20.0. The Labute approximate surface area is 155 Å². The Morgan fingerprint density at radius 1 is 1.31 bits per heavy atom. The number of thiophene rings is 1. The van der Waals surface area contributed by atoms with Gasteiger partial charge in [0.15, 0.2) is 0 Å². The molecule has 0 unspecified atom stereocenters. The zero-order chi connectivity index (χ0) is 18.3. The first-order valence-corrected chi connectivity index (χ1v) is 9.50. The molecule has 1 aromatic heterocycles. The third-order valence-corrected chi connectivity index (χ3v) is 6.15. The standard InChI is InChI=1S/C20H20FNO3S/c1-22-6-4-12(5-7-22)19-16-9-14(21)2-3-17(16)25-11-13-8-15(10-18(23)24)26-20(13)19/h2-3,8-9H,4-7,10-11H2,1H3,(H,23,24). The van der Waals surface area contributed by atoms with Crippen molar-refractivity contribution in [1.82, 2.24) is 4.90 Å². The van der Waals surface area contributed by atoms with E-state index < -0.39 is 5.97 Å². The Morgan fingerprint density at radius 2 is 2.08 bits per heavy atom. The summed E-state index contributed by atoms with van der Waals surface area (Å²) in [4.78, 5) is 15.2. The van der Waals surface area contributed by atoms with Crippen molar-refractivity contribution in [2.75, 3.05) is 20.1 Å². The highest BCUT2D eigenvalue weighted by atomic mass is 32.1. The molecule has 26 heavy (non-hydrogen) atoms. The van der Waals surface area contributed by atoms with Gasteiger partial charge < -0.3 is 14.7 Å². The van der Waals surface area contributed by atoms with Gasteiger partial charge in [-0.2, -0.15) is 0 Å². The van der Waals surface area contributed by atoms with Gasteiger partial charge in [0, 0.05) is 39.5 Å². The Balaban J connectivity index is 1.89. The van der Waals surface area contributed by atoms with Crippen molar-refractivity contribution in [2.45, 2.75) is 25.9 Å². The fraction of sp³-hybridized carbons (Fsp3) is 0.350. The molecule has 0 amide bonds. The van der Waals surface area contributed by atoms with Crippen LogP contribution in [-0.2, 0) is 17.8 Å². The lowest BCUT2D eigenvalue weighted by atomic mass is 9.91. The number of fused-ring (bicyclic) bond motifs is 2. The van der Waals surface area contributed by atoms with E-state index in [-0.39, 0.29) is 12.2 Å². The molecule has 4 rings (SSSR count). The molecule has 0 bridgehead atoms. The third kappa shape index (κ3) is 3.27. The summed E-state index contributed by atoms with van der Waals surface area (Å²) in [6.07, 6.45) is 1.85. The van der Waals surface area contributed by atoms with Crippen molar-refractivity contribution in [1.29, 1.82) is 0 Å². The van der Waals surface area contributed by atoms with E-state index in [2.05, 4.69) is 11.9 Å². The fourth-order valence-electron chi connectivity index (χ4n) is 3.63. The van der Waals surface area contributed by atoms with Crippen LogP contribution < -0.4 is 4.74 Å². The molecule has 1 aromatic carbocycles. The van der Waals surface area contributed by atoms with Gasteiger partial charge in [-0.25, -0.2) is 4.39 Å². The minimum Gasteiger partial charge on any atom is -0.488 e. The predicted molar refractivity (Wildman–Crippen MR) is 99.1 cm³/mol. The van der Waals surface area contributed by atoms with E-state index in [9.17, 15) is 9.18 Å². The molecule has 2 aliphatic rings. The van der Waals surface area contributed by atoms with Gasteiger partial charge >= 0.3 is 5.97 Å². The van der Waals surface area contributed by atoms with Crippen molar-refractivity contribution in [3.8, 4) is 5.75 Å². The Morgan fingerprint density at radius 3 is 2.81 bits per heavy atom. The van der Waals surface area contributed by atoms with Gasteiger partial charge in [-0.3, -0.25) is 4.79 Å². The number of hydrogen-bond donors (Lipinski definition) is 1. The number of carboxylic acids is 1. The second-order valence-electron chi connectivity index (χ2n) is 6.85. The van der Waals surface area contributed by atoms with Crippen LogP contribution in [0.3, 0.4) is 0 Å². The zero-order valence-electron chi connectivity index (χ0n) is 14.5. The average Bonchev–Trinajstić information content (AvgIpc) is 2.91. The summed E-state index contributed by atoms with van der Waals surface area (Å²) in [5.41, 5.74) is 4.11. The van der Waals surface area contributed by atoms with E-state index in [4.69, 9.17) is 9.84 Å². The van der Waals surface area contributed by atoms with Gasteiger partial charge in [0.25, 0.3) is 0 Å². The summed E-state index contributed by atoms with van der Waals surface area (Å²) >= 11 is 1.49. The van der Waals surface area contributed by atoms with Gasteiger partial charge in [-0.05, 0) is 44.2 Å². The molecule has 0 spiro atoms. The molecule has 1 fully saturated rings. The van der Waals surface area contributed by atoms with E-state index in [0.29, 0.717) is 12.4 Å².